The molecular formula is C12H13BrN2. The lowest BCUT2D eigenvalue weighted by Crippen LogP contribution is -1.96. The summed E-state index contributed by atoms with van der Waals surface area (Å²) in [5, 5.41) is 4.51. The first kappa shape index (κ1) is 10.4. The van der Waals surface area contributed by atoms with E-state index in [1.165, 1.54) is 0 Å². The van der Waals surface area contributed by atoms with Gasteiger partial charge in [-0.15, -0.1) is 0 Å². The third-order valence-corrected chi connectivity index (χ3v) is 2.82. The minimum absolute atomic E-state index is 0.474. The molecule has 1 aromatic carbocycles. The van der Waals surface area contributed by atoms with E-state index >= 15 is 0 Å². The fourth-order valence-corrected chi connectivity index (χ4v) is 1.65. The van der Waals surface area contributed by atoms with Gasteiger partial charge in [0.1, 0.15) is 0 Å². The minimum Gasteiger partial charge on any atom is -0.241 e. The fourth-order valence-electron chi connectivity index (χ4n) is 1.38. The van der Waals surface area contributed by atoms with Gasteiger partial charge in [-0.2, -0.15) is 5.10 Å². The molecule has 0 amide bonds. The van der Waals surface area contributed by atoms with Crippen molar-refractivity contribution in [2.24, 2.45) is 0 Å². The van der Waals surface area contributed by atoms with Gasteiger partial charge >= 0.3 is 0 Å². The van der Waals surface area contributed by atoms with Crippen LogP contribution >= 0.6 is 15.9 Å². The van der Waals surface area contributed by atoms with Gasteiger partial charge in [0.2, 0.25) is 0 Å². The highest BCUT2D eigenvalue weighted by Crippen LogP contribution is 2.16. The van der Waals surface area contributed by atoms with E-state index in [1.807, 2.05) is 35.1 Å². The van der Waals surface area contributed by atoms with Gasteiger partial charge < -0.3 is 0 Å². The second-order valence-electron chi connectivity index (χ2n) is 3.82. The third kappa shape index (κ3) is 2.29. The summed E-state index contributed by atoms with van der Waals surface area (Å²) in [7, 11) is 0. The molecule has 2 nitrogen and oxygen atoms in total. The Bertz CT molecular complexity index is 443. The summed E-state index contributed by atoms with van der Waals surface area (Å²) in [6.45, 7) is 4.29. The highest BCUT2D eigenvalue weighted by molar-refractivity contribution is 9.10. The van der Waals surface area contributed by atoms with Crippen molar-refractivity contribution in [1.29, 1.82) is 0 Å². The zero-order chi connectivity index (χ0) is 10.8. The second-order valence-corrected chi connectivity index (χ2v) is 4.73. The average molecular weight is 265 g/mol. The van der Waals surface area contributed by atoms with Gasteiger partial charge in [0.05, 0.1) is 11.4 Å². The molecule has 78 valence electrons. The zero-order valence-electron chi connectivity index (χ0n) is 8.81. The lowest BCUT2D eigenvalue weighted by atomic mass is 10.1. The van der Waals surface area contributed by atoms with Crippen molar-refractivity contribution in [1.82, 2.24) is 9.78 Å². The van der Waals surface area contributed by atoms with Gasteiger partial charge in [0, 0.05) is 10.7 Å². The predicted octanol–water partition coefficient (Wildman–Crippen LogP) is 3.76. The summed E-state index contributed by atoms with van der Waals surface area (Å²) in [6, 6.07) is 10.2. The van der Waals surface area contributed by atoms with Gasteiger partial charge in [-0.25, -0.2) is 4.68 Å². The Morgan fingerprint density at radius 3 is 2.33 bits per heavy atom. The molecule has 2 rings (SSSR count). The molecule has 1 aromatic heterocycles. The number of hydrogen-bond donors (Lipinski definition) is 0. The third-order valence-electron chi connectivity index (χ3n) is 2.29. The zero-order valence-corrected chi connectivity index (χ0v) is 10.4. The van der Waals surface area contributed by atoms with Gasteiger partial charge in [0.25, 0.3) is 0 Å². The van der Waals surface area contributed by atoms with E-state index in [4.69, 9.17) is 0 Å². The highest BCUT2D eigenvalue weighted by atomic mass is 79.9. The van der Waals surface area contributed by atoms with Crippen LogP contribution in [0.1, 0.15) is 25.5 Å². The van der Waals surface area contributed by atoms with Crippen molar-refractivity contribution in [3.63, 3.8) is 0 Å². The van der Waals surface area contributed by atoms with Gasteiger partial charge in [-0.1, -0.05) is 29.8 Å². The van der Waals surface area contributed by atoms with Crippen LogP contribution in [0.2, 0.25) is 0 Å². The number of halogens is 1. The molecule has 0 fully saturated rings. The lowest BCUT2D eigenvalue weighted by Gasteiger charge is -2.02. The maximum absolute atomic E-state index is 4.51. The predicted molar refractivity (Wildman–Crippen MR) is 65.4 cm³/mol. The molecule has 0 aliphatic heterocycles. The number of hydrogen-bond acceptors (Lipinski definition) is 1. The Balaban J connectivity index is 2.33. The average Bonchev–Trinajstić information content (AvgIpc) is 2.68. The highest BCUT2D eigenvalue weighted by Gasteiger charge is 2.04. The van der Waals surface area contributed by atoms with Gasteiger partial charge in [-0.05, 0) is 36.2 Å². The quantitative estimate of drug-likeness (QED) is 0.808. The normalized spacial score (nSPS) is 10.9. The topological polar surface area (TPSA) is 17.8 Å². The van der Waals surface area contributed by atoms with E-state index in [1.54, 1.807) is 0 Å². The molecule has 1 heterocycles. The van der Waals surface area contributed by atoms with E-state index in [0.29, 0.717) is 5.92 Å². The van der Waals surface area contributed by atoms with Crippen LogP contribution in [-0.2, 0) is 0 Å². The van der Waals surface area contributed by atoms with Crippen LogP contribution < -0.4 is 0 Å². The number of nitrogens with zero attached hydrogens (tertiary/aromatic N) is 2. The molecule has 0 atom stereocenters. The monoisotopic (exact) mass is 264 g/mol. The summed E-state index contributed by atoms with van der Waals surface area (Å²) < 4.78 is 2.99. The van der Waals surface area contributed by atoms with E-state index in [2.05, 4.69) is 40.9 Å². The van der Waals surface area contributed by atoms with Crippen LogP contribution in [0, 0.1) is 0 Å². The largest absolute Gasteiger partial charge is 0.241 e. The smallest absolute Gasteiger partial charge is 0.0654 e. The Morgan fingerprint density at radius 2 is 1.80 bits per heavy atom. The summed E-state index contributed by atoms with van der Waals surface area (Å²) in [5.41, 5.74) is 2.21. The molecule has 0 unspecified atom stereocenters. The summed E-state index contributed by atoms with van der Waals surface area (Å²) >= 11 is 3.42. The summed E-state index contributed by atoms with van der Waals surface area (Å²) in [5.74, 6) is 0.474. The number of benzene rings is 1. The second kappa shape index (κ2) is 4.19. The van der Waals surface area contributed by atoms with Crippen molar-refractivity contribution in [2.45, 2.75) is 19.8 Å². The van der Waals surface area contributed by atoms with Crippen molar-refractivity contribution in [2.75, 3.05) is 0 Å². The van der Waals surface area contributed by atoms with Crippen molar-refractivity contribution < 1.29 is 0 Å². The van der Waals surface area contributed by atoms with Crippen LogP contribution in [0.15, 0.2) is 41.0 Å². The SMILES string of the molecule is CC(C)c1ccn(-c2ccc(Br)cc2)n1. The number of aromatic nitrogens is 2. The van der Waals surface area contributed by atoms with E-state index < -0.39 is 0 Å². The van der Waals surface area contributed by atoms with Crippen LogP contribution in [0.4, 0.5) is 0 Å². The van der Waals surface area contributed by atoms with Crippen molar-refractivity contribution in [3.8, 4) is 5.69 Å². The van der Waals surface area contributed by atoms with E-state index in [9.17, 15) is 0 Å². The standard InChI is InChI=1S/C12H13BrN2/c1-9(2)12-7-8-15(14-12)11-5-3-10(13)4-6-11/h3-9H,1-2H3. The first-order chi connectivity index (χ1) is 7.16. The fraction of sp³-hybridized carbons (Fsp3) is 0.250. The molecule has 2 aromatic rings. The Morgan fingerprint density at radius 1 is 1.13 bits per heavy atom. The first-order valence-electron chi connectivity index (χ1n) is 4.98. The Kier molecular flexibility index (Phi) is 2.91. The molecule has 0 radical (unpaired) electrons. The molecule has 15 heavy (non-hydrogen) atoms. The molecular weight excluding hydrogens is 252 g/mol. The van der Waals surface area contributed by atoms with Crippen LogP contribution in [0.25, 0.3) is 5.69 Å². The maximum Gasteiger partial charge on any atom is 0.0654 e. The molecule has 0 aliphatic carbocycles. The number of rotatable bonds is 2. The van der Waals surface area contributed by atoms with Gasteiger partial charge in [-0.3, -0.25) is 0 Å². The Labute approximate surface area is 98.1 Å². The molecule has 3 heteroatoms. The van der Waals surface area contributed by atoms with E-state index in [-0.39, 0.29) is 0 Å². The van der Waals surface area contributed by atoms with Crippen molar-refractivity contribution in [3.05, 3.63) is 46.7 Å². The maximum atomic E-state index is 4.51. The molecule has 0 saturated heterocycles. The van der Waals surface area contributed by atoms with Crippen LogP contribution in [0.3, 0.4) is 0 Å². The molecule has 0 N–H and O–H groups in total. The lowest BCUT2D eigenvalue weighted by molar-refractivity contribution is 0.768. The van der Waals surface area contributed by atoms with Crippen molar-refractivity contribution >= 4 is 15.9 Å². The molecule has 0 saturated carbocycles. The molecule has 0 aliphatic rings. The van der Waals surface area contributed by atoms with E-state index in [0.717, 1.165) is 15.9 Å². The van der Waals surface area contributed by atoms with Gasteiger partial charge in [0.15, 0.2) is 0 Å². The summed E-state index contributed by atoms with van der Waals surface area (Å²) in [6.07, 6.45) is 2.00. The van der Waals surface area contributed by atoms with Crippen LogP contribution in [0.5, 0.6) is 0 Å². The molecule has 0 spiro atoms. The van der Waals surface area contributed by atoms with Crippen LogP contribution in [-0.4, -0.2) is 9.78 Å². The summed E-state index contributed by atoms with van der Waals surface area (Å²) in [4.78, 5) is 0. The molecule has 0 bridgehead atoms. The first-order valence-corrected chi connectivity index (χ1v) is 5.77. The Hall–Kier alpha value is -1.09. The minimum atomic E-state index is 0.474.